The number of carbonyl (C=O) groups excluding carboxylic acids is 1. The molecule has 3 saturated heterocycles. The Balaban J connectivity index is 1.39. The predicted octanol–water partition coefficient (Wildman–Crippen LogP) is 3.37. The molecular formula is C24H25N7O. The number of carbonyl (C=O) groups is 1. The number of hydrogen-bond donors (Lipinski definition) is 2. The third-order valence-electron chi connectivity index (χ3n) is 6.63. The lowest BCUT2D eigenvalue weighted by Gasteiger charge is -2.52. The summed E-state index contributed by atoms with van der Waals surface area (Å²) in [5.41, 5.74) is 5.92. The van der Waals surface area contributed by atoms with Crippen LogP contribution in [0.2, 0.25) is 0 Å². The van der Waals surface area contributed by atoms with Crippen molar-refractivity contribution in [3.05, 3.63) is 53.2 Å². The number of aromatic nitrogens is 1. The summed E-state index contributed by atoms with van der Waals surface area (Å²) in [6, 6.07) is 11.8. The molecule has 1 aromatic carbocycles. The van der Waals surface area contributed by atoms with Crippen LogP contribution in [0.3, 0.4) is 0 Å². The Morgan fingerprint density at radius 2 is 2.00 bits per heavy atom. The van der Waals surface area contributed by atoms with E-state index in [2.05, 4.69) is 21.5 Å². The van der Waals surface area contributed by atoms with Gasteiger partial charge < -0.3 is 15.2 Å². The molecule has 4 fully saturated rings. The van der Waals surface area contributed by atoms with Gasteiger partial charge in [-0.15, -0.1) is 0 Å². The number of piperidine rings is 2. The number of fused-ring (bicyclic) bond motifs is 3. The number of nitrogens with one attached hydrogen (secondary N) is 2. The number of benzene rings is 1. The van der Waals surface area contributed by atoms with E-state index in [1.807, 2.05) is 35.2 Å². The first kappa shape index (κ1) is 20.2. The first-order valence-electron chi connectivity index (χ1n) is 11.0. The summed E-state index contributed by atoms with van der Waals surface area (Å²) in [6.45, 7) is 1.38. The second-order valence-corrected chi connectivity index (χ2v) is 8.58. The van der Waals surface area contributed by atoms with E-state index in [1.54, 1.807) is 6.20 Å². The molecule has 1 aliphatic carbocycles. The molecule has 4 heterocycles. The van der Waals surface area contributed by atoms with Crippen LogP contribution in [0.4, 0.5) is 11.5 Å². The van der Waals surface area contributed by atoms with Gasteiger partial charge in [-0.3, -0.25) is 10.2 Å². The first-order chi connectivity index (χ1) is 15.7. The molecule has 6 rings (SSSR count). The lowest BCUT2D eigenvalue weighted by atomic mass is 9.89. The van der Waals surface area contributed by atoms with Gasteiger partial charge in [-0.2, -0.15) is 10.4 Å². The Labute approximate surface area is 187 Å². The molecule has 2 atom stereocenters. The Bertz CT molecular complexity index is 1120. The highest BCUT2D eigenvalue weighted by molar-refractivity contribution is 6.14. The van der Waals surface area contributed by atoms with Crippen LogP contribution in [0.15, 0.2) is 41.6 Å². The fraction of sp³-hybridized carbons (Fsp3) is 0.375. The largest absolute Gasteiger partial charge is 0.350 e. The summed E-state index contributed by atoms with van der Waals surface area (Å²) in [5, 5.41) is 20.6. The minimum Gasteiger partial charge on any atom is -0.350 e. The average molecular weight is 428 g/mol. The van der Waals surface area contributed by atoms with Crippen LogP contribution in [0.5, 0.6) is 0 Å². The standard InChI is InChI=1S/C24H25N7O/c25-10-12-28-29-21-4-2-1-3-20(21)24(32)31-15-18-7-8-19(31)14-30(18)23-22(16-5-6-16)17(13-26)9-11-27-23/h1-4,9-12,16,18-19,25,29H,5-8,14-15H2/b25-10?,28-12-. The highest BCUT2D eigenvalue weighted by Gasteiger charge is 2.44. The van der Waals surface area contributed by atoms with Crippen molar-refractivity contribution in [3.63, 3.8) is 0 Å². The number of hydrazone groups is 1. The molecule has 0 radical (unpaired) electrons. The van der Waals surface area contributed by atoms with Crippen LogP contribution in [0, 0.1) is 16.7 Å². The molecule has 1 aromatic heterocycles. The van der Waals surface area contributed by atoms with Crippen molar-refractivity contribution < 1.29 is 4.79 Å². The van der Waals surface area contributed by atoms with Crippen LogP contribution in [-0.2, 0) is 0 Å². The molecule has 4 aliphatic rings. The lowest BCUT2D eigenvalue weighted by Crippen LogP contribution is -2.64. The van der Waals surface area contributed by atoms with Gasteiger partial charge in [0.15, 0.2) is 0 Å². The number of nitriles is 1. The summed E-state index contributed by atoms with van der Waals surface area (Å²) in [4.78, 5) is 22.5. The van der Waals surface area contributed by atoms with Crippen molar-refractivity contribution in [1.29, 1.82) is 10.7 Å². The quantitative estimate of drug-likeness (QED) is 0.543. The molecule has 8 nitrogen and oxygen atoms in total. The van der Waals surface area contributed by atoms with Crippen molar-refractivity contribution in [2.75, 3.05) is 23.4 Å². The van der Waals surface area contributed by atoms with E-state index in [1.165, 1.54) is 6.21 Å². The Hall–Kier alpha value is -3.73. The molecule has 8 heteroatoms. The molecule has 162 valence electrons. The number of para-hydroxylation sites is 1. The van der Waals surface area contributed by atoms with Gasteiger partial charge in [0.25, 0.3) is 5.91 Å². The zero-order chi connectivity index (χ0) is 22.1. The van der Waals surface area contributed by atoms with E-state index < -0.39 is 0 Å². The molecule has 2 N–H and O–H groups in total. The van der Waals surface area contributed by atoms with Crippen molar-refractivity contribution in [2.24, 2.45) is 5.10 Å². The van der Waals surface area contributed by atoms with Gasteiger partial charge in [-0.1, -0.05) is 12.1 Å². The van der Waals surface area contributed by atoms with Crippen LogP contribution in [0.25, 0.3) is 0 Å². The molecular weight excluding hydrogens is 402 g/mol. The van der Waals surface area contributed by atoms with E-state index >= 15 is 0 Å². The minimum absolute atomic E-state index is 0.00588. The molecule has 1 saturated carbocycles. The first-order valence-corrected chi connectivity index (χ1v) is 11.0. The van der Waals surface area contributed by atoms with Gasteiger partial charge in [0.2, 0.25) is 0 Å². The zero-order valence-electron chi connectivity index (χ0n) is 17.7. The smallest absolute Gasteiger partial charge is 0.256 e. The van der Waals surface area contributed by atoms with Gasteiger partial charge in [0, 0.05) is 43.1 Å². The van der Waals surface area contributed by atoms with Crippen molar-refractivity contribution in [2.45, 2.75) is 43.7 Å². The fourth-order valence-electron chi connectivity index (χ4n) is 4.97. The molecule has 2 unspecified atom stereocenters. The monoisotopic (exact) mass is 427 g/mol. The van der Waals surface area contributed by atoms with E-state index in [-0.39, 0.29) is 18.0 Å². The van der Waals surface area contributed by atoms with E-state index in [0.717, 1.165) is 55.4 Å². The maximum absolute atomic E-state index is 13.5. The summed E-state index contributed by atoms with van der Waals surface area (Å²) in [5.74, 6) is 1.37. The number of nitrogens with zero attached hydrogens (tertiary/aromatic N) is 5. The number of pyridine rings is 1. The number of anilines is 2. The maximum atomic E-state index is 13.5. The molecule has 1 amide bonds. The average Bonchev–Trinajstić information content (AvgIpc) is 3.69. The van der Waals surface area contributed by atoms with Gasteiger partial charge in [0.05, 0.1) is 29.1 Å². The molecule has 2 aromatic rings. The van der Waals surface area contributed by atoms with Gasteiger partial charge in [-0.05, 0) is 49.8 Å². The topological polar surface area (TPSA) is 108 Å². The molecule has 2 bridgehead atoms. The van der Waals surface area contributed by atoms with Gasteiger partial charge >= 0.3 is 0 Å². The van der Waals surface area contributed by atoms with Crippen LogP contribution >= 0.6 is 0 Å². The second-order valence-electron chi connectivity index (χ2n) is 8.58. The van der Waals surface area contributed by atoms with Crippen LogP contribution in [-0.4, -0.2) is 53.4 Å². The Kier molecular flexibility index (Phi) is 5.31. The number of piperazine rings is 1. The lowest BCUT2D eigenvalue weighted by molar-refractivity contribution is 0.0505. The van der Waals surface area contributed by atoms with Crippen LogP contribution in [0.1, 0.15) is 53.1 Å². The van der Waals surface area contributed by atoms with Gasteiger partial charge in [0.1, 0.15) is 5.82 Å². The summed E-state index contributed by atoms with van der Waals surface area (Å²) >= 11 is 0. The molecule has 32 heavy (non-hydrogen) atoms. The highest BCUT2D eigenvalue weighted by atomic mass is 16.2. The zero-order valence-corrected chi connectivity index (χ0v) is 17.7. The minimum atomic E-state index is -0.00588. The fourth-order valence-corrected chi connectivity index (χ4v) is 4.97. The number of amides is 1. The molecule has 0 spiro atoms. The Morgan fingerprint density at radius 1 is 1.19 bits per heavy atom. The maximum Gasteiger partial charge on any atom is 0.256 e. The highest BCUT2D eigenvalue weighted by Crippen LogP contribution is 2.47. The Morgan fingerprint density at radius 3 is 2.72 bits per heavy atom. The third-order valence-corrected chi connectivity index (χ3v) is 6.63. The summed E-state index contributed by atoms with van der Waals surface area (Å²) in [6.07, 6.45) is 8.37. The second kappa shape index (κ2) is 8.42. The van der Waals surface area contributed by atoms with E-state index in [0.29, 0.717) is 23.7 Å². The van der Waals surface area contributed by atoms with E-state index in [9.17, 15) is 10.1 Å². The van der Waals surface area contributed by atoms with Crippen molar-refractivity contribution in [1.82, 2.24) is 9.88 Å². The summed E-state index contributed by atoms with van der Waals surface area (Å²) < 4.78 is 0. The number of rotatable bonds is 6. The van der Waals surface area contributed by atoms with Crippen LogP contribution < -0.4 is 10.3 Å². The third kappa shape index (κ3) is 3.60. The summed E-state index contributed by atoms with van der Waals surface area (Å²) in [7, 11) is 0. The predicted molar refractivity (Wildman–Crippen MR) is 123 cm³/mol. The number of hydrogen-bond acceptors (Lipinski definition) is 7. The van der Waals surface area contributed by atoms with Gasteiger partial charge in [-0.25, -0.2) is 4.98 Å². The van der Waals surface area contributed by atoms with E-state index in [4.69, 9.17) is 10.4 Å². The molecule has 3 aliphatic heterocycles. The normalized spacial score (nSPS) is 22.1. The van der Waals surface area contributed by atoms with Crippen molar-refractivity contribution >= 4 is 29.8 Å². The van der Waals surface area contributed by atoms with Crippen molar-refractivity contribution in [3.8, 4) is 6.07 Å². The SMILES string of the molecule is N#Cc1ccnc(N2CC3CCC2CN3C(=O)c2ccccc2N/N=C\C=N)c1C1CC1.